The van der Waals surface area contributed by atoms with Crippen LogP contribution in [0.25, 0.3) is 6.08 Å². The second-order valence-electron chi connectivity index (χ2n) is 6.58. The van der Waals surface area contributed by atoms with E-state index >= 15 is 0 Å². The van der Waals surface area contributed by atoms with Crippen LogP contribution >= 0.6 is 24.0 Å². The summed E-state index contributed by atoms with van der Waals surface area (Å²) in [5.41, 5.74) is 3.06. The number of hydrogen-bond donors (Lipinski definition) is 1. The van der Waals surface area contributed by atoms with Crippen molar-refractivity contribution in [1.82, 2.24) is 4.90 Å². The van der Waals surface area contributed by atoms with Crippen LogP contribution in [-0.2, 0) is 16.2 Å². The zero-order valence-corrected chi connectivity index (χ0v) is 17.6. The Morgan fingerprint density at radius 3 is 2.69 bits per heavy atom. The van der Waals surface area contributed by atoms with Gasteiger partial charge in [-0.05, 0) is 36.6 Å². The fraction of sp³-hybridized carbons (Fsp3) is 0.227. The molecule has 5 nitrogen and oxygen atoms in total. The highest BCUT2D eigenvalue weighted by molar-refractivity contribution is 8.26. The van der Waals surface area contributed by atoms with E-state index in [-0.39, 0.29) is 12.3 Å². The normalized spacial score (nSPS) is 15.2. The van der Waals surface area contributed by atoms with Crippen LogP contribution in [0.15, 0.2) is 53.4 Å². The predicted molar refractivity (Wildman–Crippen MR) is 119 cm³/mol. The fourth-order valence-electron chi connectivity index (χ4n) is 2.88. The topological polar surface area (TPSA) is 66.8 Å². The number of para-hydroxylation sites is 1. The van der Waals surface area contributed by atoms with Crippen molar-refractivity contribution in [3.05, 3.63) is 70.1 Å². The molecule has 1 amide bonds. The van der Waals surface area contributed by atoms with Gasteiger partial charge in [0.2, 0.25) is 0 Å². The molecule has 0 atom stereocenters. The molecule has 150 valence electrons. The number of carbonyl (C=O) groups is 2. The van der Waals surface area contributed by atoms with E-state index in [1.54, 1.807) is 6.08 Å². The number of amides is 1. The summed E-state index contributed by atoms with van der Waals surface area (Å²) in [6, 6.07) is 15.6. The highest BCUT2D eigenvalue weighted by Crippen LogP contribution is 2.34. The molecule has 0 radical (unpaired) electrons. The van der Waals surface area contributed by atoms with Gasteiger partial charge in [-0.2, -0.15) is 0 Å². The van der Waals surface area contributed by atoms with Crippen LogP contribution in [0.3, 0.4) is 0 Å². The number of benzene rings is 2. The molecule has 0 aliphatic carbocycles. The van der Waals surface area contributed by atoms with Gasteiger partial charge < -0.3 is 9.84 Å². The van der Waals surface area contributed by atoms with Gasteiger partial charge in [0.05, 0.1) is 4.91 Å². The van der Waals surface area contributed by atoms with Crippen molar-refractivity contribution >= 4 is 46.3 Å². The molecule has 1 fully saturated rings. The number of carbonyl (C=O) groups excluding carboxylic acids is 1. The lowest BCUT2D eigenvalue weighted by atomic mass is 10.1. The van der Waals surface area contributed by atoms with E-state index in [0.29, 0.717) is 34.5 Å². The van der Waals surface area contributed by atoms with Gasteiger partial charge in [0.1, 0.15) is 16.7 Å². The lowest BCUT2D eigenvalue weighted by Crippen LogP contribution is -2.29. The third-order valence-electron chi connectivity index (χ3n) is 4.50. The number of rotatable bonds is 8. The zero-order chi connectivity index (χ0) is 20.8. The Bertz CT molecular complexity index is 971. The predicted octanol–water partition coefficient (Wildman–Crippen LogP) is 4.64. The molecule has 0 unspecified atom stereocenters. The minimum Gasteiger partial charge on any atom is -0.488 e. The molecule has 7 heteroatoms. The summed E-state index contributed by atoms with van der Waals surface area (Å²) in [6.45, 7) is 2.79. The first-order valence-corrected chi connectivity index (χ1v) is 10.4. The first-order valence-electron chi connectivity index (χ1n) is 9.19. The lowest BCUT2D eigenvalue weighted by Gasteiger charge is -2.13. The largest absolute Gasteiger partial charge is 0.488 e. The molecule has 0 spiro atoms. The highest BCUT2D eigenvalue weighted by Gasteiger charge is 2.31. The van der Waals surface area contributed by atoms with Gasteiger partial charge in [-0.3, -0.25) is 14.5 Å². The Morgan fingerprint density at radius 1 is 1.21 bits per heavy atom. The van der Waals surface area contributed by atoms with Crippen LogP contribution in [0.1, 0.15) is 29.5 Å². The van der Waals surface area contributed by atoms with Gasteiger partial charge in [-0.1, -0.05) is 66.4 Å². The molecule has 0 saturated carbocycles. The Hall–Kier alpha value is -2.64. The van der Waals surface area contributed by atoms with E-state index in [1.165, 1.54) is 16.7 Å². The number of thiocarbonyl (C=S) groups is 1. The third kappa shape index (κ3) is 5.46. The molecule has 1 aliphatic heterocycles. The van der Waals surface area contributed by atoms with Crippen LogP contribution < -0.4 is 4.74 Å². The summed E-state index contributed by atoms with van der Waals surface area (Å²) in [5.74, 6) is -0.392. The summed E-state index contributed by atoms with van der Waals surface area (Å²) in [4.78, 5) is 25.4. The monoisotopic (exact) mass is 427 g/mol. The number of aliphatic carboxylic acids is 1. The van der Waals surface area contributed by atoms with Crippen molar-refractivity contribution in [2.75, 3.05) is 6.54 Å². The van der Waals surface area contributed by atoms with E-state index in [4.69, 9.17) is 22.1 Å². The number of nitrogens with zero attached hydrogens (tertiary/aromatic N) is 1. The first-order chi connectivity index (χ1) is 14.0. The third-order valence-corrected chi connectivity index (χ3v) is 5.87. The molecule has 0 bridgehead atoms. The molecule has 1 heterocycles. The molecule has 2 aromatic rings. The van der Waals surface area contributed by atoms with E-state index in [9.17, 15) is 9.59 Å². The maximum Gasteiger partial charge on any atom is 0.303 e. The van der Waals surface area contributed by atoms with Crippen molar-refractivity contribution in [3.8, 4) is 5.75 Å². The Morgan fingerprint density at radius 2 is 1.93 bits per heavy atom. The minimum absolute atomic E-state index is 0.00564. The smallest absolute Gasteiger partial charge is 0.303 e. The van der Waals surface area contributed by atoms with Crippen LogP contribution in [0.5, 0.6) is 5.75 Å². The van der Waals surface area contributed by atoms with Gasteiger partial charge >= 0.3 is 5.97 Å². The van der Waals surface area contributed by atoms with Crippen molar-refractivity contribution in [2.24, 2.45) is 0 Å². The molecule has 1 aliphatic rings. The van der Waals surface area contributed by atoms with Gasteiger partial charge in [-0.25, -0.2) is 0 Å². The maximum atomic E-state index is 12.7. The van der Waals surface area contributed by atoms with Crippen LogP contribution in [0.2, 0.25) is 0 Å². The molecular weight excluding hydrogens is 406 g/mol. The molecule has 1 saturated heterocycles. The average Bonchev–Trinajstić information content (AvgIpc) is 2.95. The van der Waals surface area contributed by atoms with Crippen molar-refractivity contribution < 1.29 is 19.4 Å². The Kier molecular flexibility index (Phi) is 7.06. The van der Waals surface area contributed by atoms with Crippen LogP contribution in [0, 0.1) is 6.92 Å². The van der Waals surface area contributed by atoms with Crippen LogP contribution in [-0.4, -0.2) is 32.7 Å². The standard InChI is InChI=1S/C22H21NO4S2/c1-15-7-2-3-9-17(15)14-27-18-10-5-4-8-16(18)13-19-21(26)23(22(28)29-19)12-6-11-20(24)25/h2-5,7-10,13H,6,11-12,14H2,1H3,(H,24,25)/b19-13+. The molecular formula is C22H21NO4S2. The van der Waals surface area contributed by atoms with Crippen molar-refractivity contribution in [1.29, 1.82) is 0 Å². The van der Waals surface area contributed by atoms with Gasteiger partial charge in [0.25, 0.3) is 5.91 Å². The van der Waals surface area contributed by atoms with E-state index in [2.05, 4.69) is 0 Å². The molecule has 2 aromatic carbocycles. The minimum atomic E-state index is -0.884. The molecule has 3 rings (SSSR count). The van der Waals surface area contributed by atoms with Gasteiger partial charge in [0, 0.05) is 18.5 Å². The number of thioether (sulfide) groups is 1. The van der Waals surface area contributed by atoms with E-state index in [0.717, 1.165) is 16.7 Å². The molecule has 1 N–H and O–H groups in total. The maximum absolute atomic E-state index is 12.7. The summed E-state index contributed by atoms with van der Waals surface area (Å²) in [6.07, 6.45) is 2.15. The van der Waals surface area contributed by atoms with Crippen LogP contribution in [0.4, 0.5) is 0 Å². The molecule has 29 heavy (non-hydrogen) atoms. The zero-order valence-electron chi connectivity index (χ0n) is 16.0. The summed E-state index contributed by atoms with van der Waals surface area (Å²) in [7, 11) is 0. The summed E-state index contributed by atoms with van der Waals surface area (Å²) >= 11 is 6.53. The number of ether oxygens (including phenoxy) is 1. The number of carboxylic acid groups (broad SMARTS) is 1. The Labute approximate surface area is 179 Å². The number of hydrogen-bond acceptors (Lipinski definition) is 5. The van der Waals surface area contributed by atoms with Crippen molar-refractivity contribution in [3.63, 3.8) is 0 Å². The second kappa shape index (κ2) is 9.71. The second-order valence-corrected chi connectivity index (χ2v) is 8.26. The SMILES string of the molecule is Cc1ccccc1COc1ccccc1/C=C1/SC(=S)N(CCCC(=O)O)C1=O. The van der Waals surface area contributed by atoms with Gasteiger partial charge in [-0.15, -0.1) is 0 Å². The van der Waals surface area contributed by atoms with Crippen molar-refractivity contribution in [2.45, 2.75) is 26.4 Å². The number of carboxylic acids is 1. The molecule has 0 aromatic heterocycles. The van der Waals surface area contributed by atoms with E-state index in [1.807, 2.05) is 55.5 Å². The lowest BCUT2D eigenvalue weighted by molar-refractivity contribution is -0.137. The average molecular weight is 428 g/mol. The summed E-state index contributed by atoms with van der Waals surface area (Å²) in [5, 5.41) is 8.78. The number of aryl methyl sites for hydroxylation is 1. The Balaban J connectivity index is 1.73. The van der Waals surface area contributed by atoms with Gasteiger partial charge in [0.15, 0.2) is 0 Å². The summed E-state index contributed by atoms with van der Waals surface area (Å²) < 4.78 is 6.47. The highest BCUT2D eigenvalue weighted by atomic mass is 32.2. The first kappa shape index (κ1) is 21.1. The quantitative estimate of drug-likeness (QED) is 0.489. The fourth-order valence-corrected chi connectivity index (χ4v) is 4.18. The van der Waals surface area contributed by atoms with E-state index < -0.39 is 5.97 Å².